The fraction of sp³-hybridized carbons (Fsp3) is 0.333. The third-order valence-electron chi connectivity index (χ3n) is 2.12. The van der Waals surface area contributed by atoms with Gasteiger partial charge in [-0.25, -0.2) is 8.78 Å². The van der Waals surface area contributed by atoms with Crippen LogP contribution in [-0.2, 0) is 6.42 Å². The molecule has 0 bridgehead atoms. The maximum atomic E-state index is 13.2. The van der Waals surface area contributed by atoms with Crippen molar-refractivity contribution >= 4 is 0 Å². The van der Waals surface area contributed by atoms with Crippen molar-refractivity contribution in [3.05, 3.63) is 35.4 Å². The Morgan fingerprint density at radius 3 is 2.53 bits per heavy atom. The molecule has 0 radical (unpaired) electrons. The third kappa shape index (κ3) is 3.34. The Morgan fingerprint density at radius 1 is 1.40 bits per heavy atom. The van der Waals surface area contributed by atoms with Gasteiger partial charge in [-0.15, -0.1) is 6.42 Å². The molecule has 1 rings (SSSR count). The van der Waals surface area contributed by atoms with Crippen LogP contribution in [0.5, 0.6) is 0 Å². The molecule has 1 aromatic rings. The summed E-state index contributed by atoms with van der Waals surface area (Å²) in [5.74, 6) is 1.40. The highest BCUT2D eigenvalue weighted by atomic mass is 19.1. The third-order valence-corrected chi connectivity index (χ3v) is 2.12. The Bertz CT molecular complexity index is 348. The van der Waals surface area contributed by atoms with E-state index in [1.165, 1.54) is 18.2 Å². The fourth-order valence-electron chi connectivity index (χ4n) is 1.34. The highest BCUT2D eigenvalue weighted by Gasteiger charge is 2.11. The maximum absolute atomic E-state index is 13.2. The van der Waals surface area contributed by atoms with E-state index in [-0.39, 0.29) is 11.6 Å². The van der Waals surface area contributed by atoms with Crippen LogP contribution >= 0.6 is 0 Å². The van der Waals surface area contributed by atoms with E-state index in [4.69, 9.17) is 6.42 Å². The van der Waals surface area contributed by atoms with Gasteiger partial charge < -0.3 is 5.32 Å². The van der Waals surface area contributed by atoms with E-state index in [1.54, 1.807) is 0 Å². The van der Waals surface area contributed by atoms with E-state index < -0.39 is 11.6 Å². The summed E-state index contributed by atoms with van der Waals surface area (Å²) in [7, 11) is 0. The van der Waals surface area contributed by atoms with Gasteiger partial charge in [0.25, 0.3) is 0 Å². The first-order valence-electron chi connectivity index (χ1n) is 4.75. The zero-order chi connectivity index (χ0) is 11.3. The first-order valence-corrected chi connectivity index (χ1v) is 4.75. The molecule has 0 heterocycles. The lowest BCUT2D eigenvalue weighted by Gasteiger charge is -2.12. The van der Waals surface area contributed by atoms with Crippen molar-refractivity contribution in [1.82, 2.24) is 5.32 Å². The minimum Gasteiger partial charge on any atom is -0.303 e. The van der Waals surface area contributed by atoms with Crippen LogP contribution in [0.2, 0.25) is 0 Å². The maximum Gasteiger partial charge on any atom is 0.129 e. The van der Waals surface area contributed by atoms with Gasteiger partial charge in [0, 0.05) is 11.6 Å². The minimum absolute atomic E-state index is 0.0487. The van der Waals surface area contributed by atoms with E-state index in [1.807, 2.05) is 6.92 Å². The summed E-state index contributed by atoms with van der Waals surface area (Å²) in [5.41, 5.74) is 0.106. The molecular weight excluding hydrogens is 196 g/mol. The lowest BCUT2D eigenvalue weighted by Crippen LogP contribution is -2.29. The molecule has 80 valence electrons. The average Bonchev–Trinajstić information content (AvgIpc) is 2.21. The molecule has 1 aromatic carbocycles. The number of hydrogen-bond acceptors (Lipinski definition) is 1. The quantitative estimate of drug-likeness (QED) is 0.749. The zero-order valence-corrected chi connectivity index (χ0v) is 8.56. The Morgan fingerprint density at radius 2 is 2.00 bits per heavy atom. The normalized spacial score (nSPS) is 12.1. The molecule has 0 aliphatic rings. The smallest absolute Gasteiger partial charge is 0.129 e. The molecule has 0 aliphatic carbocycles. The molecule has 15 heavy (non-hydrogen) atoms. The summed E-state index contributed by atoms with van der Waals surface area (Å²) in [6, 6.07) is 3.82. The van der Waals surface area contributed by atoms with Gasteiger partial charge in [0.1, 0.15) is 11.6 Å². The summed E-state index contributed by atoms with van der Waals surface area (Å²) in [4.78, 5) is 0. The van der Waals surface area contributed by atoms with Crippen molar-refractivity contribution in [3.8, 4) is 12.3 Å². The topological polar surface area (TPSA) is 12.0 Å². The summed E-state index contributed by atoms with van der Waals surface area (Å²) in [6.07, 6.45) is 5.36. The standard InChI is InChI=1S/C12H13F2N/c1-3-7-15-9(2)8-10-11(13)5-4-6-12(10)14/h1,4-6,9,15H,7-8H2,2H3. The lowest BCUT2D eigenvalue weighted by atomic mass is 10.1. The molecule has 1 N–H and O–H groups in total. The number of hydrogen-bond donors (Lipinski definition) is 1. The van der Waals surface area contributed by atoms with Crippen molar-refractivity contribution < 1.29 is 8.78 Å². The molecule has 0 saturated carbocycles. The Kier molecular flexibility index (Phi) is 4.26. The van der Waals surface area contributed by atoms with E-state index in [0.29, 0.717) is 13.0 Å². The van der Waals surface area contributed by atoms with Crippen LogP contribution in [0.25, 0.3) is 0 Å². The second-order valence-corrected chi connectivity index (χ2v) is 3.39. The number of terminal acetylenes is 1. The SMILES string of the molecule is C#CCNC(C)Cc1c(F)cccc1F. The van der Waals surface area contributed by atoms with Crippen LogP contribution in [0.15, 0.2) is 18.2 Å². The summed E-state index contributed by atoms with van der Waals surface area (Å²) < 4.78 is 26.4. The number of benzene rings is 1. The molecule has 1 atom stereocenters. The van der Waals surface area contributed by atoms with E-state index in [0.717, 1.165) is 0 Å². The van der Waals surface area contributed by atoms with Crippen molar-refractivity contribution in [3.63, 3.8) is 0 Å². The van der Waals surface area contributed by atoms with Gasteiger partial charge in [0.15, 0.2) is 0 Å². The van der Waals surface area contributed by atoms with Crippen LogP contribution in [0.3, 0.4) is 0 Å². The molecular formula is C12H13F2N. The molecule has 3 heteroatoms. The van der Waals surface area contributed by atoms with Gasteiger partial charge in [-0.05, 0) is 25.5 Å². The highest BCUT2D eigenvalue weighted by Crippen LogP contribution is 2.13. The van der Waals surface area contributed by atoms with Gasteiger partial charge in [-0.2, -0.15) is 0 Å². The second-order valence-electron chi connectivity index (χ2n) is 3.39. The van der Waals surface area contributed by atoms with Crippen molar-refractivity contribution in [2.45, 2.75) is 19.4 Å². The Labute approximate surface area is 88.5 Å². The summed E-state index contributed by atoms with van der Waals surface area (Å²) in [5, 5.41) is 2.97. The second kappa shape index (κ2) is 5.47. The summed E-state index contributed by atoms with van der Waals surface area (Å²) in [6.45, 7) is 2.24. The molecule has 0 fully saturated rings. The van der Waals surface area contributed by atoms with Crippen LogP contribution in [0.1, 0.15) is 12.5 Å². The van der Waals surface area contributed by atoms with Gasteiger partial charge in [-0.3, -0.25) is 0 Å². The molecule has 0 spiro atoms. The number of halogens is 2. The first-order chi connectivity index (χ1) is 7.15. The van der Waals surface area contributed by atoms with Crippen molar-refractivity contribution in [2.75, 3.05) is 6.54 Å². The van der Waals surface area contributed by atoms with E-state index in [2.05, 4.69) is 11.2 Å². The van der Waals surface area contributed by atoms with Gasteiger partial charge in [0.05, 0.1) is 6.54 Å². The van der Waals surface area contributed by atoms with Crippen molar-refractivity contribution in [2.24, 2.45) is 0 Å². The largest absolute Gasteiger partial charge is 0.303 e. The predicted octanol–water partition coefficient (Wildman–Crippen LogP) is 2.12. The van der Waals surface area contributed by atoms with E-state index in [9.17, 15) is 8.78 Å². The Balaban J connectivity index is 2.68. The van der Waals surface area contributed by atoms with Crippen LogP contribution in [-0.4, -0.2) is 12.6 Å². The monoisotopic (exact) mass is 209 g/mol. The number of nitrogens with one attached hydrogen (secondary N) is 1. The summed E-state index contributed by atoms with van der Waals surface area (Å²) >= 11 is 0. The lowest BCUT2D eigenvalue weighted by molar-refractivity contribution is 0.515. The van der Waals surface area contributed by atoms with Crippen LogP contribution in [0.4, 0.5) is 8.78 Å². The van der Waals surface area contributed by atoms with E-state index >= 15 is 0 Å². The van der Waals surface area contributed by atoms with Gasteiger partial charge >= 0.3 is 0 Å². The molecule has 0 amide bonds. The molecule has 0 aromatic heterocycles. The molecule has 1 nitrogen and oxygen atoms in total. The van der Waals surface area contributed by atoms with Gasteiger partial charge in [-0.1, -0.05) is 12.0 Å². The fourth-order valence-corrected chi connectivity index (χ4v) is 1.34. The first kappa shape index (κ1) is 11.7. The average molecular weight is 209 g/mol. The highest BCUT2D eigenvalue weighted by molar-refractivity contribution is 5.20. The zero-order valence-electron chi connectivity index (χ0n) is 8.56. The predicted molar refractivity (Wildman–Crippen MR) is 56.4 cm³/mol. The van der Waals surface area contributed by atoms with Gasteiger partial charge in [0.2, 0.25) is 0 Å². The van der Waals surface area contributed by atoms with Crippen LogP contribution < -0.4 is 5.32 Å². The Hall–Kier alpha value is -1.40. The van der Waals surface area contributed by atoms with Crippen molar-refractivity contribution in [1.29, 1.82) is 0 Å². The number of rotatable bonds is 4. The molecule has 0 saturated heterocycles. The molecule has 1 unspecified atom stereocenters. The molecule has 0 aliphatic heterocycles. The minimum atomic E-state index is -0.510. The van der Waals surface area contributed by atoms with Crippen LogP contribution in [0, 0.1) is 24.0 Å².